The molecule has 0 heterocycles. The van der Waals surface area contributed by atoms with Crippen molar-refractivity contribution in [2.24, 2.45) is 11.3 Å². The predicted molar refractivity (Wildman–Crippen MR) is 92.1 cm³/mol. The molecule has 1 atom stereocenters. The van der Waals surface area contributed by atoms with Gasteiger partial charge in [-0.2, -0.15) is 15.6 Å². The van der Waals surface area contributed by atoms with Gasteiger partial charge in [0, 0.05) is 6.04 Å². The third kappa shape index (κ3) is 4.06. The summed E-state index contributed by atoms with van der Waals surface area (Å²) >= 11 is 0. The maximum Gasteiger partial charge on any atom is 0.170 e. The van der Waals surface area contributed by atoms with E-state index < -0.39 is 16.6 Å². The van der Waals surface area contributed by atoms with Crippen LogP contribution >= 0.6 is 0 Å². The van der Waals surface area contributed by atoms with E-state index in [1.165, 1.54) is 19.3 Å². The van der Waals surface area contributed by atoms with Crippen LogP contribution in [0.15, 0.2) is 0 Å². The first-order valence-electron chi connectivity index (χ1n) is 8.83. The van der Waals surface area contributed by atoms with Crippen LogP contribution in [0.25, 0.3) is 0 Å². The van der Waals surface area contributed by atoms with Crippen molar-refractivity contribution in [3.63, 3.8) is 0 Å². The molecule has 0 N–H and O–H groups in total. The maximum atomic E-state index is 9.78. The quantitative estimate of drug-likeness (QED) is 0.659. The van der Waals surface area contributed by atoms with Crippen molar-refractivity contribution < 1.29 is 4.84 Å². The zero-order valence-electron chi connectivity index (χ0n) is 15.9. The summed E-state index contributed by atoms with van der Waals surface area (Å²) < 4.78 is 0. The highest BCUT2D eigenvalue weighted by molar-refractivity contribution is 5.11. The number of hydrogen-bond acceptors (Lipinski definition) is 4. The van der Waals surface area contributed by atoms with Gasteiger partial charge in [-0.25, -0.2) is 0 Å². The fraction of sp³-hybridized carbons (Fsp3) is 0.895. The van der Waals surface area contributed by atoms with Crippen molar-refractivity contribution >= 4 is 0 Å². The molecule has 1 fully saturated rings. The lowest BCUT2D eigenvalue weighted by atomic mass is 9.67. The van der Waals surface area contributed by atoms with Gasteiger partial charge in [-0.15, -0.1) is 0 Å². The number of hydroxylamine groups is 2. The molecule has 130 valence electrons. The molecule has 1 aliphatic rings. The predicted octanol–water partition coefficient (Wildman–Crippen LogP) is 4.82. The van der Waals surface area contributed by atoms with Gasteiger partial charge in [-0.05, 0) is 53.4 Å². The first kappa shape index (κ1) is 19.9. The molecule has 0 aromatic heterocycles. The molecule has 1 rings (SSSR count). The largest absolute Gasteiger partial charge is 0.277 e. The van der Waals surface area contributed by atoms with E-state index >= 15 is 0 Å². The van der Waals surface area contributed by atoms with Crippen molar-refractivity contribution in [2.45, 2.75) is 97.8 Å². The van der Waals surface area contributed by atoms with Crippen LogP contribution in [0.1, 0.15) is 80.6 Å². The molecule has 0 spiro atoms. The lowest BCUT2D eigenvalue weighted by Gasteiger charge is -2.54. The van der Waals surface area contributed by atoms with Crippen LogP contribution in [-0.2, 0) is 4.84 Å². The number of hydrogen-bond donors (Lipinski definition) is 0. The van der Waals surface area contributed by atoms with Gasteiger partial charge in [0.25, 0.3) is 0 Å². The van der Waals surface area contributed by atoms with E-state index in [0.717, 1.165) is 12.8 Å². The van der Waals surface area contributed by atoms with Crippen molar-refractivity contribution in [3.05, 3.63) is 0 Å². The molecule has 1 aliphatic carbocycles. The van der Waals surface area contributed by atoms with Crippen molar-refractivity contribution in [2.75, 3.05) is 0 Å². The summed E-state index contributed by atoms with van der Waals surface area (Å²) in [6.45, 7) is 13.9. The van der Waals surface area contributed by atoms with E-state index in [1.54, 1.807) is 13.8 Å². The Morgan fingerprint density at radius 3 is 1.87 bits per heavy atom. The van der Waals surface area contributed by atoms with Crippen LogP contribution < -0.4 is 0 Å². The van der Waals surface area contributed by atoms with Gasteiger partial charge in [0.1, 0.15) is 0 Å². The third-order valence-corrected chi connectivity index (χ3v) is 5.63. The Hall–Kier alpha value is -1.10. The summed E-state index contributed by atoms with van der Waals surface area (Å²) in [4.78, 5) is 6.26. The Morgan fingerprint density at radius 2 is 1.48 bits per heavy atom. The van der Waals surface area contributed by atoms with E-state index in [1.807, 2.05) is 18.9 Å². The molecule has 1 saturated carbocycles. The van der Waals surface area contributed by atoms with Gasteiger partial charge >= 0.3 is 0 Å². The van der Waals surface area contributed by atoms with Crippen LogP contribution in [0.4, 0.5) is 0 Å². The molecule has 4 heteroatoms. The van der Waals surface area contributed by atoms with E-state index in [0.29, 0.717) is 0 Å². The van der Waals surface area contributed by atoms with E-state index in [9.17, 15) is 10.5 Å². The van der Waals surface area contributed by atoms with Crippen LogP contribution in [0.2, 0.25) is 0 Å². The highest BCUT2D eigenvalue weighted by atomic mass is 16.7. The molecule has 0 aliphatic heterocycles. The second kappa shape index (κ2) is 7.20. The fourth-order valence-corrected chi connectivity index (χ4v) is 3.50. The second-order valence-electron chi connectivity index (χ2n) is 8.37. The van der Waals surface area contributed by atoms with Gasteiger partial charge in [-0.1, -0.05) is 33.1 Å². The van der Waals surface area contributed by atoms with Gasteiger partial charge < -0.3 is 0 Å². The fourth-order valence-electron chi connectivity index (χ4n) is 3.50. The Morgan fingerprint density at radius 1 is 0.957 bits per heavy atom. The Kier molecular flexibility index (Phi) is 6.25. The lowest BCUT2D eigenvalue weighted by Crippen LogP contribution is -2.63. The Labute approximate surface area is 142 Å². The van der Waals surface area contributed by atoms with Gasteiger partial charge in [0.05, 0.1) is 23.1 Å². The summed E-state index contributed by atoms with van der Waals surface area (Å²) in [6.07, 6.45) is 5.74. The molecule has 1 unspecified atom stereocenters. The van der Waals surface area contributed by atoms with Crippen molar-refractivity contribution in [3.8, 4) is 12.1 Å². The average Bonchev–Trinajstić information content (AvgIpc) is 2.52. The normalized spacial score (nSPS) is 20.1. The van der Waals surface area contributed by atoms with Crippen molar-refractivity contribution in [1.82, 2.24) is 5.06 Å². The Balaban J connectivity index is 3.34. The molecular formula is C19H33N3O. The molecule has 23 heavy (non-hydrogen) atoms. The van der Waals surface area contributed by atoms with Crippen LogP contribution in [0.5, 0.6) is 0 Å². The Bertz CT molecular complexity index is 478. The summed E-state index contributed by atoms with van der Waals surface area (Å²) in [5, 5.41) is 21.3. The standard InChI is InChI=1S/C19H33N3O/c1-15(2)19(7,17(3,4)13-20)22(23-18(5,6)14-21)16-11-9-8-10-12-16/h15-16H,8-12H2,1-7H3. The number of rotatable bonds is 6. The van der Waals surface area contributed by atoms with Crippen LogP contribution in [0.3, 0.4) is 0 Å². The highest BCUT2D eigenvalue weighted by Gasteiger charge is 2.52. The molecule has 0 aromatic carbocycles. The maximum absolute atomic E-state index is 9.78. The number of nitrogens with zero attached hydrogens (tertiary/aromatic N) is 3. The molecule has 0 saturated heterocycles. The number of nitriles is 2. The van der Waals surface area contributed by atoms with Gasteiger partial charge in [0.15, 0.2) is 5.60 Å². The zero-order chi connectivity index (χ0) is 17.9. The minimum Gasteiger partial charge on any atom is -0.277 e. The highest BCUT2D eigenvalue weighted by Crippen LogP contribution is 2.45. The molecular weight excluding hydrogens is 286 g/mol. The lowest BCUT2D eigenvalue weighted by molar-refractivity contribution is -0.313. The SMILES string of the molecule is CC(C)C(C)(N(OC(C)(C)C#N)C1CCCCC1)C(C)(C)C#N. The minimum atomic E-state index is -0.904. The molecule has 0 amide bonds. The van der Waals surface area contributed by atoms with Crippen LogP contribution in [0, 0.1) is 34.0 Å². The average molecular weight is 319 g/mol. The topological polar surface area (TPSA) is 60.0 Å². The molecule has 0 radical (unpaired) electrons. The van der Waals surface area contributed by atoms with Gasteiger partial charge in [0.2, 0.25) is 0 Å². The molecule has 0 bridgehead atoms. The molecule has 0 aromatic rings. The van der Waals surface area contributed by atoms with Gasteiger partial charge in [-0.3, -0.25) is 4.84 Å². The zero-order valence-corrected chi connectivity index (χ0v) is 15.9. The second-order valence-corrected chi connectivity index (χ2v) is 8.37. The monoisotopic (exact) mass is 319 g/mol. The summed E-state index contributed by atoms with van der Waals surface area (Å²) in [7, 11) is 0. The van der Waals surface area contributed by atoms with E-state index in [-0.39, 0.29) is 12.0 Å². The summed E-state index contributed by atoms with van der Waals surface area (Å²) in [5.74, 6) is 0.216. The smallest absolute Gasteiger partial charge is 0.170 e. The van der Waals surface area contributed by atoms with E-state index in [2.05, 4.69) is 32.9 Å². The first-order chi connectivity index (χ1) is 10.5. The van der Waals surface area contributed by atoms with Crippen LogP contribution in [-0.4, -0.2) is 22.2 Å². The molecule has 4 nitrogen and oxygen atoms in total. The van der Waals surface area contributed by atoms with Crippen molar-refractivity contribution in [1.29, 1.82) is 10.5 Å². The third-order valence-electron chi connectivity index (χ3n) is 5.63. The van der Waals surface area contributed by atoms with E-state index in [4.69, 9.17) is 4.84 Å². The first-order valence-corrected chi connectivity index (χ1v) is 8.83. The summed E-state index contributed by atoms with van der Waals surface area (Å²) in [6, 6.07) is 4.99. The summed E-state index contributed by atoms with van der Waals surface area (Å²) in [5.41, 5.74) is -1.97. The minimum absolute atomic E-state index is 0.216.